The normalized spacial score (nSPS) is 11.1. The molecule has 0 amide bonds. The minimum Gasteiger partial charge on any atom is -0.477 e. The molecule has 0 radical (unpaired) electrons. The smallest absolute Gasteiger partial charge is 0.341 e. The number of rotatable bonds is 4. The summed E-state index contributed by atoms with van der Waals surface area (Å²) in [5, 5.41) is 16.2. The Morgan fingerprint density at radius 3 is 2.80 bits per heavy atom. The first-order chi connectivity index (χ1) is 6.96. The molecule has 0 saturated carbocycles. The lowest BCUT2D eigenvalue weighted by Crippen LogP contribution is -2.28. The lowest BCUT2D eigenvalue weighted by atomic mass is 10.1. The number of carbonyl (C=O) groups is 1. The van der Waals surface area contributed by atoms with Crippen LogP contribution in [0.25, 0.3) is 0 Å². The zero-order chi connectivity index (χ0) is 11.5. The molecule has 1 aromatic rings. The van der Waals surface area contributed by atoms with Crippen molar-refractivity contribution < 1.29 is 14.6 Å². The van der Waals surface area contributed by atoms with Crippen LogP contribution in [-0.2, 0) is 0 Å². The van der Waals surface area contributed by atoms with Crippen LogP contribution in [0.4, 0.5) is 0 Å². The Kier molecular flexibility index (Phi) is 3.24. The minimum absolute atomic E-state index is 0.0338. The molecule has 0 unspecified atom stereocenters. The molecule has 1 N–H and O–H groups in total. The van der Waals surface area contributed by atoms with E-state index in [-0.39, 0.29) is 11.4 Å². The molecule has 0 aliphatic rings. The van der Waals surface area contributed by atoms with Gasteiger partial charge in [-0.15, -0.1) is 5.10 Å². The fraction of sp³-hybridized carbons (Fsp3) is 0.500. The fourth-order valence-corrected chi connectivity index (χ4v) is 0.891. The number of nitrogens with zero attached hydrogens (tertiary/aromatic N) is 2. The second-order valence-electron chi connectivity index (χ2n) is 3.77. The zero-order valence-electron chi connectivity index (χ0n) is 9.02. The Bertz CT molecular complexity index is 363. The second-order valence-corrected chi connectivity index (χ2v) is 3.77. The quantitative estimate of drug-likeness (QED) is 0.819. The highest BCUT2D eigenvalue weighted by molar-refractivity contribution is 5.89. The van der Waals surface area contributed by atoms with Crippen molar-refractivity contribution in [1.82, 2.24) is 10.2 Å². The Balaban J connectivity index is 2.99. The van der Waals surface area contributed by atoms with Gasteiger partial charge < -0.3 is 9.84 Å². The van der Waals surface area contributed by atoms with Crippen LogP contribution in [0.5, 0.6) is 5.88 Å². The van der Waals surface area contributed by atoms with E-state index in [0.717, 1.165) is 6.42 Å². The molecule has 0 bridgehead atoms. The number of hydrogen-bond acceptors (Lipinski definition) is 4. The van der Waals surface area contributed by atoms with Crippen molar-refractivity contribution >= 4 is 5.97 Å². The molecule has 0 aliphatic carbocycles. The average Bonchev–Trinajstić information content (AvgIpc) is 2.18. The summed E-state index contributed by atoms with van der Waals surface area (Å²) in [4.78, 5) is 10.8. The summed E-state index contributed by atoms with van der Waals surface area (Å²) in [6.07, 6.45) is 2.08. The van der Waals surface area contributed by atoms with Crippen molar-refractivity contribution in [2.75, 3.05) is 0 Å². The molecular weight excluding hydrogens is 196 g/mol. The number of aromatic nitrogens is 2. The van der Waals surface area contributed by atoms with Crippen molar-refractivity contribution in [3.63, 3.8) is 0 Å². The lowest BCUT2D eigenvalue weighted by Gasteiger charge is -2.24. The van der Waals surface area contributed by atoms with Gasteiger partial charge in [-0.05, 0) is 26.3 Å². The highest BCUT2D eigenvalue weighted by Crippen LogP contribution is 2.21. The monoisotopic (exact) mass is 210 g/mol. The summed E-state index contributed by atoms with van der Waals surface area (Å²) < 4.78 is 5.49. The van der Waals surface area contributed by atoms with E-state index in [1.54, 1.807) is 0 Å². The van der Waals surface area contributed by atoms with Crippen molar-refractivity contribution in [3.05, 3.63) is 17.8 Å². The topological polar surface area (TPSA) is 72.3 Å². The van der Waals surface area contributed by atoms with Gasteiger partial charge >= 0.3 is 5.97 Å². The van der Waals surface area contributed by atoms with Gasteiger partial charge in [-0.1, -0.05) is 6.92 Å². The molecule has 15 heavy (non-hydrogen) atoms. The second kappa shape index (κ2) is 4.25. The maximum Gasteiger partial charge on any atom is 0.341 e. The van der Waals surface area contributed by atoms with Crippen molar-refractivity contribution in [2.24, 2.45) is 0 Å². The summed E-state index contributed by atoms with van der Waals surface area (Å²) >= 11 is 0. The third kappa shape index (κ3) is 2.90. The summed E-state index contributed by atoms with van der Waals surface area (Å²) in [7, 11) is 0. The third-order valence-corrected chi connectivity index (χ3v) is 2.14. The Hall–Kier alpha value is -1.65. The first-order valence-electron chi connectivity index (χ1n) is 4.70. The van der Waals surface area contributed by atoms with E-state index >= 15 is 0 Å². The van der Waals surface area contributed by atoms with Crippen molar-refractivity contribution in [3.8, 4) is 5.88 Å². The molecule has 0 aliphatic heterocycles. The molecule has 1 aromatic heterocycles. The predicted octanol–water partition coefficient (Wildman–Crippen LogP) is 1.74. The van der Waals surface area contributed by atoms with E-state index in [1.165, 1.54) is 12.3 Å². The minimum atomic E-state index is -1.06. The number of hydrogen-bond donors (Lipinski definition) is 1. The van der Waals surface area contributed by atoms with E-state index in [2.05, 4.69) is 10.2 Å². The lowest BCUT2D eigenvalue weighted by molar-refractivity contribution is 0.0662. The van der Waals surface area contributed by atoms with Gasteiger partial charge in [-0.2, -0.15) is 5.10 Å². The Morgan fingerprint density at radius 2 is 2.27 bits per heavy atom. The van der Waals surface area contributed by atoms with Crippen LogP contribution in [0, 0.1) is 0 Å². The van der Waals surface area contributed by atoms with E-state index < -0.39 is 11.6 Å². The van der Waals surface area contributed by atoms with Gasteiger partial charge in [-0.25, -0.2) is 4.79 Å². The number of carboxylic acids is 1. The van der Waals surface area contributed by atoms with Crippen LogP contribution < -0.4 is 4.74 Å². The maximum absolute atomic E-state index is 10.8. The van der Waals surface area contributed by atoms with Crippen molar-refractivity contribution in [2.45, 2.75) is 32.8 Å². The average molecular weight is 210 g/mol. The number of aromatic carboxylic acids is 1. The molecule has 82 valence electrons. The van der Waals surface area contributed by atoms with Crippen LogP contribution in [0.1, 0.15) is 37.6 Å². The predicted molar refractivity (Wildman–Crippen MR) is 54.0 cm³/mol. The first-order valence-corrected chi connectivity index (χ1v) is 4.70. The fourth-order valence-electron chi connectivity index (χ4n) is 0.891. The standard InChI is InChI=1S/C10H14N2O3/c1-4-10(2,3)15-8-7(9(13)14)5-6-11-12-8/h5-6H,4H2,1-3H3,(H,13,14). The van der Waals surface area contributed by atoms with E-state index in [9.17, 15) is 4.79 Å². The van der Waals surface area contributed by atoms with Gasteiger partial charge in [0.05, 0.1) is 6.20 Å². The van der Waals surface area contributed by atoms with E-state index in [1.807, 2.05) is 20.8 Å². The van der Waals surface area contributed by atoms with Gasteiger partial charge in [0, 0.05) is 0 Å². The van der Waals surface area contributed by atoms with Gasteiger partial charge in [0.1, 0.15) is 11.2 Å². The summed E-state index contributed by atoms with van der Waals surface area (Å²) in [5.74, 6) is -0.997. The number of carboxylic acid groups (broad SMARTS) is 1. The molecular formula is C10H14N2O3. The summed E-state index contributed by atoms with van der Waals surface area (Å²) in [6.45, 7) is 5.69. The molecule has 0 fully saturated rings. The SMILES string of the molecule is CCC(C)(C)Oc1nnccc1C(=O)O. The van der Waals surface area contributed by atoms with Gasteiger partial charge in [0.15, 0.2) is 0 Å². The Labute approximate surface area is 88.1 Å². The zero-order valence-corrected chi connectivity index (χ0v) is 9.02. The van der Waals surface area contributed by atoms with Crippen LogP contribution in [0.3, 0.4) is 0 Å². The van der Waals surface area contributed by atoms with Gasteiger partial charge in [-0.3, -0.25) is 0 Å². The molecule has 0 atom stereocenters. The number of ether oxygens (including phenoxy) is 1. The van der Waals surface area contributed by atoms with Crippen LogP contribution in [0.2, 0.25) is 0 Å². The summed E-state index contributed by atoms with van der Waals surface area (Å²) in [6, 6.07) is 1.37. The molecule has 0 saturated heterocycles. The molecule has 5 heteroatoms. The highest BCUT2D eigenvalue weighted by atomic mass is 16.5. The van der Waals surface area contributed by atoms with Crippen LogP contribution >= 0.6 is 0 Å². The highest BCUT2D eigenvalue weighted by Gasteiger charge is 2.22. The third-order valence-electron chi connectivity index (χ3n) is 2.14. The maximum atomic E-state index is 10.8. The molecule has 1 rings (SSSR count). The van der Waals surface area contributed by atoms with Crippen LogP contribution in [-0.4, -0.2) is 26.9 Å². The molecule has 0 spiro atoms. The first kappa shape index (κ1) is 11.4. The molecule has 0 aromatic carbocycles. The van der Waals surface area contributed by atoms with Gasteiger partial charge in [0.25, 0.3) is 0 Å². The largest absolute Gasteiger partial charge is 0.477 e. The molecule has 5 nitrogen and oxygen atoms in total. The van der Waals surface area contributed by atoms with Crippen molar-refractivity contribution in [1.29, 1.82) is 0 Å². The van der Waals surface area contributed by atoms with Gasteiger partial charge in [0.2, 0.25) is 5.88 Å². The summed E-state index contributed by atoms with van der Waals surface area (Å²) in [5.41, 5.74) is -0.410. The van der Waals surface area contributed by atoms with Crippen LogP contribution in [0.15, 0.2) is 12.3 Å². The van der Waals surface area contributed by atoms with E-state index in [0.29, 0.717) is 0 Å². The Morgan fingerprint density at radius 1 is 1.60 bits per heavy atom. The van der Waals surface area contributed by atoms with E-state index in [4.69, 9.17) is 9.84 Å². The molecule has 1 heterocycles.